The average molecular weight is 304 g/mol. The summed E-state index contributed by atoms with van der Waals surface area (Å²) in [5, 5.41) is 9.42. The van der Waals surface area contributed by atoms with Gasteiger partial charge in [0.2, 0.25) is 0 Å². The van der Waals surface area contributed by atoms with E-state index in [9.17, 15) is 4.79 Å². The smallest absolute Gasteiger partial charge is 0.265 e. The Morgan fingerprint density at radius 2 is 2.05 bits per heavy atom. The number of thiophene rings is 1. The lowest BCUT2D eigenvalue weighted by Gasteiger charge is -2.05. The van der Waals surface area contributed by atoms with Gasteiger partial charge in [0.05, 0.1) is 21.8 Å². The van der Waals surface area contributed by atoms with Gasteiger partial charge in [-0.2, -0.15) is 5.10 Å². The minimum absolute atomic E-state index is 0.102. The second-order valence-electron chi connectivity index (χ2n) is 4.08. The third-order valence-corrected chi connectivity index (χ3v) is 3.75. The Hall–Kier alpha value is -2.11. The number of hydrogen-bond donors (Lipinski definition) is 1. The fourth-order valence-electron chi connectivity index (χ4n) is 1.74. The Balaban J connectivity index is 1.75. The molecule has 0 atom stereocenters. The van der Waals surface area contributed by atoms with Gasteiger partial charge in [0.15, 0.2) is 0 Å². The van der Waals surface area contributed by atoms with Gasteiger partial charge >= 0.3 is 0 Å². The molecule has 0 aliphatic heterocycles. The molecule has 0 saturated heterocycles. The molecule has 100 valence electrons. The number of nitrogens with one attached hydrogen (secondary N) is 1. The van der Waals surface area contributed by atoms with Crippen LogP contribution >= 0.6 is 22.9 Å². The summed E-state index contributed by atoms with van der Waals surface area (Å²) in [6.07, 6.45) is 3.30. The minimum Gasteiger partial charge on any atom is -0.321 e. The summed E-state index contributed by atoms with van der Waals surface area (Å²) in [5.74, 6) is -0.102. The maximum absolute atomic E-state index is 11.9. The van der Waals surface area contributed by atoms with Crippen LogP contribution in [-0.2, 0) is 0 Å². The van der Waals surface area contributed by atoms with Crippen molar-refractivity contribution in [2.24, 2.45) is 0 Å². The summed E-state index contributed by atoms with van der Waals surface area (Å²) < 4.78 is 1.67. The van der Waals surface area contributed by atoms with Crippen molar-refractivity contribution in [2.75, 3.05) is 5.32 Å². The molecule has 2 aromatic heterocycles. The molecule has 0 radical (unpaired) electrons. The Kier molecular flexibility index (Phi) is 3.54. The average Bonchev–Trinajstić information content (AvgIpc) is 3.10. The first-order valence-corrected chi connectivity index (χ1v) is 7.13. The van der Waals surface area contributed by atoms with Crippen molar-refractivity contribution in [3.05, 3.63) is 64.1 Å². The predicted octanol–water partition coefficient (Wildman–Crippen LogP) is 3.84. The van der Waals surface area contributed by atoms with Crippen LogP contribution in [0.2, 0.25) is 5.02 Å². The largest absolute Gasteiger partial charge is 0.321 e. The molecule has 3 rings (SSSR count). The highest BCUT2D eigenvalue weighted by molar-refractivity contribution is 7.12. The van der Waals surface area contributed by atoms with Crippen LogP contribution in [0.25, 0.3) is 5.69 Å². The summed E-state index contributed by atoms with van der Waals surface area (Å²) in [7, 11) is 0. The molecule has 1 aromatic carbocycles. The zero-order valence-electron chi connectivity index (χ0n) is 10.3. The first kappa shape index (κ1) is 12.9. The fourth-order valence-corrected chi connectivity index (χ4v) is 2.50. The van der Waals surface area contributed by atoms with Crippen LogP contribution in [0.4, 0.5) is 5.69 Å². The molecule has 1 N–H and O–H groups in total. The van der Waals surface area contributed by atoms with E-state index in [4.69, 9.17) is 11.6 Å². The first-order chi connectivity index (χ1) is 9.72. The van der Waals surface area contributed by atoms with Gasteiger partial charge in [0.1, 0.15) is 0 Å². The zero-order chi connectivity index (χ0) is 13.9. The van der Waals surface area contributed by atoms with Gasteiger partial charge in [-0.15, -0.1) is 11.3 Å². The van der Waals surface area contributed by atoms with Gasteiger partial charge in [0.25, 0.3) is 5.91 Å². The van der Waals surface area contributed by atoms with Gasteiger partial charge < -0.3 is 5.32 Å². The molecule has 4 nitrogen and oxygen atoms in total. The van der Waals surface area contributed by atoms with Crippen molar-refractivity contribution in [1.82, 2.24) is 9.78 Å². The minimum atomic E-state index is -0.102. The van der Waals surface area contributed by atoms with Gasteiger partial charge in [-0.05, 0) is 35.7 Å². The van der Waals surface area contributed by atoms with Crippen LogP contribution in [-0.4, -0.2) is 15.7 Å². The molecule has 0 bridgehead atoms. The van der Waals surface area contributed by atoms with Crippen molar-refractivity contribution in [2.45, 2.75) is 0 Å². The van der Waals surface area contributed by atoms with E-state index < -0.39 is 0 Å². The van der Waals surface area contributed by atoms with E-state index in [0.717, 1.165) is 11.4 Å². The lowest BCUT2D eigenvalue weighted by atomic mass is 10.2. The van der Waals surface area contributed by atoms with Crippen LogP contribution in [0, 0.1) is 0 Å². The number of rotatable bonds is 3. The monoisotopic (exact) mass is 303 g/mol. The number of amides is 1. The maximum atomic E-state index is 11.9. The number of aromatic nitrogens is 2. The summed E-state index contributed by atoms with van der Waals surface area (Å²) in [6.45, 7) is 0. The van der Waals surface area contributed by atoms with E-state index in [1.165, 1.54) is 11.3 Å². The second kappa shape index (κ2) is 5.48. The number of carbonyl (C=O) groups excluding carboxylic acids is 1. The molecule has 0 aliphatic carbocycles. The number of halogens is 1. The molecule has 0 saturated carbocycles. The van der Waals surface area contributed by atoms with Crippen molar-refractivity contribution < 1.29 is 4.79 Å². The molecular formula is C14H10ClN3OS. The number of benzene rings is 1. The van der Waals surface area contributed by atoms with Gasteiger partial charge in [-0.3, -0.25) is 4.79 Å². The second-order valence-corrected chi connectivity index (χ2v) is 5.47. The summed E-state index contributed by atoms with van der Waals surface area (Å²) in [5.41, 5.74) is 1.62. The summed E-state index contributed by atoms with van der Waals surface area (Å²) in [4.78, 5) is 12.6. The highest BCUT2D eigenvalue weighted by atomic mass is 35.5. The topological polar surface area (TPSA) is 46.9 Å². The Bertz CT molecular complexity index is 719. The third kappa shape index (κ3) is 2.74. The predicted molar refractivity (Wildman–Crippen MR) is 80.8 cm³/mol. The van der Waals surface area contributed by atoms with Gasteiger partial charge in [-0.1, -0.05) is 17.7 Å². The highest BCUT2D eigenvalue weighted by Gasteiger charge is 2.07. The molecular weight excluding hydrogens is 294 g/mol. The molecule has 20 heavy (non-hydrogen) atoms. The van der Waals surface area contributed by atoms with Crippen LogP contribution < -0.4 is 5.32 Å². The Labute approximate surface area is 124 Å². The van der Waals surface area contributed by atoms with Crippen molar-refractivity contribution in [1.29, 1.82) is 0 Å². The molecule has 6 heteroatoms. The molecule has 0 unspecified atom stereocenters. The molecule has 0 spiro atoms. The first-order valence-electron chi connectivity index (χ1n) is 5.88. The van der Waals surface area contributed by atoms with E-state index in [1.54, 1.807) is 23.1 Å². The van der Waals surface area contributed by atoms with Gasteiger partial charge in [-0.25, -0.2) is 4.68 Å². The zero-order valence-corrected chi connectivity index (χ0v) is 11.9. The van der Waals surface area contributed by atoms with E-state index in [-0.39, 0.29) is 5.91 Å². The van der Waals surface area contributed by atoms with Crippen molar-refractivity contribution in [3.8, 4) is 5.69 Å². The number of hydrogen-bond acceptors (Lipinski definition) is 3. The maximum Gasteiger partial charge on any atom is 0.265 e. The number of anilines is 1. The van der Waals surface area contributed by atoms with E-state index in [1.807, 2.05) is 35.7 Å². The lowest BCUT2D eigenvalue weighted by Crippen LogP contribution is -2.10. The summed E-state index contributed by atoms with van der Waals surface area (Å²) >= 11 is 7.24. The highest BCUT2D eigenvalue weighted by Crippen LogP contribution is 2.17. The van der Waals surface area contributed by atoms with E-state index >= 15 is 0 Å². The molecule has 1 amide bonds. The van der Waals surface area contributed by atoms with Crippen LogP contribution in [0.1, 0.15) is 9.67 Å². The Morgan fingerprint density at radius 1 is 1.25 bits per heavy atom. The third-order valence-electron chi connectivity index (χ3n) is 2.69. The molecule has 0 aliphatic rings. The van der Waals surface area contributed by atoms with Crippen molar-refractivity contribution >= 4 is 34.5 Å². The number of nitrogens with zero attached hydrogens (tertiary/aromatic N) is 2. The standard InChI is InChI=1S/C14H10ClN3OS/c15-10-8-16-18(9-10)12-5-3-11(4-6-12)17-14(19)13-2-1-7-20-13/h1-9H,(H,17,19). The van der Waals surface area contributed by atoms with Crippen LogP contribution in [0.5, 0.6) is 0 Å². The van der Waals surface area contributed by atoms with Crippen molar-refractivity contribution in [3.63, 3.8) is 0 Å². The normalized spacial score (nSPS) is 10.4. The molecule has 0 fully saturated rings. The van der Waals surface area contributed by atoms with Crippen LogP contribution in [0.3, 0.4) is 0 Å². The molecule has 2 heterocycles. The lowest BCUT2D eigenvalue weighted by molar-refractivity contribution is 0.103. The van der Waals surface area contributed by atoms with E-state index in [0.29, 0.717) is 9.90 Å². The quantitative estimate of drug-likeness (QED) is 0.799. The SMILES string of the molecule is O=C(Nc1ccc(-n2cc(Cl)cn2)cc1)c1cccs1. The Morgan fingerprint density at radius 3 is 2.65 bits per heavy atom. The van der Waals surface area contributed by atoms with Gasteiger partial charge in [0, 0.05) is 11.9 Å². The van der Waals surface area contributed by atoms with Crippen LogP contribution in [0.15, 0.2) is 54.2 Å². The van der Waals surface area contributed by atoms with E-state index in [2.05, 4.69) is 10.4 Å². The number of carbonyl (C=O) groups is 1. The molecule has 3 aromatic rings. The summed E-state index contributed by atoms with van der Waals surface area (Å²) in [6, 6.07) is 11.0. The fraction of sp³-hybridized carbons (Fsp3) is 0.